The highest BCUT2D eigenvalue weighted by Gasteiger charge is 2.18. The molecule has 78 heavy (non-hydrogen) atoms. The molecule has 1 amide bonds. The molecule has 0 radical (unpaired) electrons. The molecule has 0 rings (SSSR count). The summed E-state index contributed by atoms with van der Waals surface area (Å²) in [6.07, 6.45) is 84.3. The molecule has 0 aromatic rings. The molecular weight excluding hydrogens is 959 g/mol. The number of rotatable bonds is 68. The van der Waals surface area contributed by atoms with Gasteiger partial charge in [0.15, 0.2) is 0 Å². The quantitative estimate of drug-likeness (QED) is 0.0320. The van der Waals surface area contributed by atoms with Crippen LogP contribution in [0, 0.1) is 0 Å². The largest absolute Gasteiger partial charge is 0.466 e. The van der Waals surface area contributed by atoms with Gasteiger partial charge in [0, 0.05) is 12.8 Å². The van der Waals surface area contributed by atoms with E-state index in [0.717, 1.165) is 38.5 Å². The van der Waals surface area contributed by atoms with Gasteiger partial charge in [-0.2, -0.15) is 0 Å². The highest BCUT2D eigenvalue weighted by molar-refractivity contribution is 5.76. The molecule has 0 saturated heterocycles. The Balaban J connectivity index is 3.37. The van der Waals surface area contributed by atoms with Gasteiger partial charge in [0.2, 0.25) is 5.91 Å². The second-order valence-corrected chi connectivity index (χ2v) is 24.9. The lowest BCUT2D eigenvalue weighted by molar-refractivity contribution is -0.143. The van der Waals surface area contributed by atoms with Crippen molar-refractivity contribution in [3.05, 3.63) is 12.2 Å². The lowest BCUT2D eigenvalue weighted by Crippen LogP contribution is -2.45. The van der Waals surface area contributed by atoms with Crippen molar-refractivity contribution in [1.29, 1.82) is 0 Å². The van der Waals surface area contributed by atoms with Crippen molar-refractivity contribution in [2.75, 3.05) is 13.2 Å². The van der Waals surface area contributed by atoms with E-state index in [9.17, 15) is 19.8 Å². The molecule has 0 aromatic heterocycles. The van der Waals surface area contributed by atoms with Crippen molar-refractivity contribution in [2.45, 2.75) is 424 Å². The van der Waals surface area contributed by atoms with Crippen molar-refractivity contribution < 1.29 is 24.5 Å². The molecule has 0 saturated carbocycles. The fraction of sp³-hybridized carbons (Fsp3) is 0.944. The molecule has 0 spiro atoms. The Hall–Kier alpha value is -1.40. The molecular formula is C72H141NO5. The first kappa shape index (κ1) is 76.6. The number of hydrogen-bond donors (Lipinski definition) is 3. The van der Waals surface area contributed by atoms with Gasteiger partial charge >= 0.3 is 5.97 Å². The van der Waals surface area contributed by atoms with Gasteiger partial charge in [0.05, 0.1) is 25.4 Å². The Kier molecular flexibility index (Phi) is 66.9. The van der Waals surface area contributed by atoms with Gasteiger partial charge < -0.3 is 20.3 Å². The van der Waals surface area contributed by atoms with Crippen molar-refractivity contribution in [2.24, 2.45) is 0 Å². The smallest absolute Gasteiger partial charge is 0.305 e. The predicted octanol–water partition coefficient (Wildman–Crippen LogP) is 23.1. The number of nitrogens with one attached hydrogen (secondary N) is 1. The zero-order valence-electron chi connectivity index (χ0n) is 53.2. The van der Waals surface area contributed by atoms with Crippen LogP contribution in [0.2, 0.25) is 0 Å². The van der Waals surface area contributed by atoms with Crippen LogP contribution in [-0.2, 0) is 14.3 Å². The van der Waals surface area contributed by atoms with Crippen LogP contribution < -0.4 is 5.32 Å². The lowest BCUT2D eigenvalue weighted by atomic mass is 10.0. The normalized spacial score (nSPS) is 12.5. The van der Waals surface area contributed by atoms with E-state index in [4.69, 9.17) is 4.74 Å². The Morgan fingerprint density at radius 1 is 0.346 bits per heavy atom. The summed E-state index contributed by atoms with van der Waals surface area (Å²) in [4.78, 5) is 24.6. The average molecular weight is 1100 g/mol. The molecule has 0 aliphatic carbocycles. The summed E-state index contributed by atoms with van der Waals surface area (Å²) in [7, 11) is 0. The second kappa shape index (κ2) is 68.1. The lowest BCUT2D eigenvalue weighted by Gasteiger charge is -2.20. The van der Waals surface area contributed by atoms with E-state index in [-0.39, 0.29) is 18.5 Å². The maximum Gasteiger partial charge on any atom is 0.305 e. The van der Waals surface area contributed by atoms with E-state index in [1.807, 2.05) is 6.08 Å². The number of esters is 1. The standard InChI is InChI=1S/C72H141NO5/c1-3-5-7-9-11-13-15-17-19-21-28-32-36-40-44-48-52-56-60-64-70(75)69(68-74)73-71(76)65-61-57-53-49-45-41-37-33-30-26-24-23-25-27-31-35-39-43-47-51-55-59-63-67-78-72(77)66-62-58-54-50-46-42-38-34-29-22-20-18-16-14-12-10-8-6-4-2/h60,64,69-70,74-75H,3-59,61-63,65-68H2,1-2H3,(H,73,76)/b64-60+. The molecule has 3 N–H and O–H groups in total. The van der Waals surface area contributed by atoms with E-state index in [2.05, 4.69) is 19.2 Å². The van der Waals surface area contributed by atoms with Gasteiger partial charge in [0.1, 0.15) is 0 Å². The van der Waals surface area contributed by atoms with Gasteiger partial charge in [0.25, 0.3) is 0 Å². The first-order valence-corrected chi connectivity index (χ1v) is 36.0. The van der Waals surface area contributed by atoms with Crippen molar-refractivity contribution >= 4 is 11.9 Å². The maximum absolute atomic E-state index is 12.5. The molecule has 0 fully saturated rings. The fourth-order valence-corrected chi connectivity index (χ4v) is 11.6. The summed E-state index contributed by atoms with van der Waals surface area (Å²) in [6, 6.07) is -0.627. The highest BCUT2D eigenvalue weighted by Crippen LogP contribution is 2.19. The van der Waals surface area contributed by atoms with E-state index in [0.29, 0.717) is 19.4 Å². The minimum Gasteiger partial charge on any atom is -0.466 e. The number of allylic oxidation sites excluding steroid dienone is 1. The highest BCUT2D eigenvalue weighted by atomic mass is 16.5. The van der Waals surface area contributed by atoms with Gasteiger partial charge in [-0.25, -0.2) is 0 Å². The fourth-order valence-electron chi connectivity index (χ4n) is 11.6. The molecule has 0 aromatic carbocycles. The van der Waals surface area contributed by atoms with E-state index in [1.54, 1.807) is 6.08 Å². The summed E-state index contributed by atoms with van der Waals surface area (Å²) in [6.45, 7) is 4.95. The minimum atomic E-state index is -0.844. The summed E-state index contributed by atoms with van der Waals surface area (Å²) in [5.41, 5.74) is 0. The molecule has 0 aliphatic heterocycles. The van der Waals surface area contributed by atoms with Crippen LogP contribution in [0.4, 0.5) is 0 Å². The number of aliphatic hydroxyl groups excluding tert-OH is 2. The number of aliphatic hydroxyl groups is 2. The van der Waals surface area contributed by atoms with Crippen LogP contribution in [0.1, 0.15) is 412 Å². The number of ether oxygens (including phenoxy) is 1. The van der Waals surface area contributed by atoms with Crippen molar-refractivity contribution in [1.82, 2.24) is 5.32 Å². The summed E-state index contributed by atoms with van der Waals surface area (Å²) in [5.74, 6) is -0.0432. The first-order valence-electron chi connectivity index (χ1n) is 36.0. The second-order valence-electron chi connectivity index (χ2n) is 24.9. The van der Waals surface area contributed by atoms with Gasteiger partial charge in [-0.3, -0.25) is 9.59 Å². The van der Waals surface area contributed by atoms with Crippen LogP contribution >= 0.6 is 0 Å². The van der Waals surface area contributed by atoms with Crippen LogP contribution in [0.15, 0.2) is 12.2 Å². The van der Waals surface area contributed by atoms with Gasteiger partial charge in [-0.15, -0.1) is 0 Å². The number of amides is 1. The zero-order chi connectivity index (χ0) is 56.4. The molecule has 6 nitrogen and oxygen atoms in total. The molecule has 0 heterocycles. The Labute approximate surface area is 489 Å². The Bertz CT molecular complexity index is 1180. The Morgan fingerprint density at radius 2 is 0.590 bits per heavy atom. The van der Waals surface area contributed by atoms with E-state index < -0.39 is 12.1 Å². The van der Waals surface area contributed by atoms with E-state index >= 15 is 0 Å². The molecule has 464 valence electrons. The minimum absolute atomic E-state index is 0.0199. The topological polar surface area (TPSA) is 95.9 Å². The number of carbonyl (C=O) groups is 2. The summed E-state index contributed by atoms with van der Waals surface area (Å²) in [5, 5.41) is 23.2. The van der Waals surface area contributed by atoms with E-state index in [1.165, 1.54) is 347 Å². The van der Waals surface area contributed by atoms with Crippen molar-refractivity contribution in [3.8, 4) is 0 Å². The number of carbonyl (C=O) groups excluding carboxylic acids is 2. The molecule has 6 heteroatoms. The van der Waals surface area contributed by atoms with Crippen LogP contribution in [-0.4, -0.2) is 47.4 Å². The van der Waals surface area contributed by atoms with Crippen LogP contribution in [0.3, 0.4) is 0 Å². The Morgan fingerprint density at radius 3 is 0.872 bits per heavy atom. The molecule has 2 unspecified atom stereocenters. The third-order valence-corrected chi connectivity index (χ3v) is 17.1. The summed E-state index contributed by atoms with van der Waals surface area (Å²) >= 11 is 0. The first-order chi connectivity index (χ1) is 38.5. The summed E-state index contributed by atoms with van der Waals surface area (Å²) < 4.78 is 5.51. The molecule has 0 bridgehead atoms. The monoisotopic (exact) mass is 1100 g/mol. The third-order valence-electron chi connectivity index (χ3n) is 17.1. The van der Waals surface area contributed by atoms with Crippen LogP contribution in [0.5, 0.6) is 0 Å². The molecule has 0 aliphatic rings. The van der Waals surface area contributed by atoms with Gasteiger partial charge in [-0.05, 0) is 32.1 Å². The third kappa shape index (κ3) is 63.8. The van der Waals surface area contributed by atoms with Gasteiger partial charge in [-0.1, -0.05) is 379 Å². The maximum atomic E-state index is 12.5. The SMILES string of the molecule is CCCCCCCCCCCCCCCCCCC/C=C/C(O)C(CO)NC(=O)CCCCCCCCCCCCCCCCCCCCCCCCCOC(=O)CCCCCCCCCCCCCCCCCCCCC. The average Bonchev–Trinajstić information content (AvgIpc) is 3.44. The number of unbranched alkanes of at least 4 members (excludes halogenated alkanes) is 57. The predicted molar refractivity (Wildman–Crippen MR) is 343 cm³/mol. The zero-order valence-corrected chi connectivity index (χ0v) is 53.2. The number of hydrogen-bond acceptors (Lipinski definition) is 5. The van der Waals surface area contributed by atoms with Crippen molar-refractivity contribution in [3.63, 3.8) is 0 Å². The molecule has 2 atom stereocenters. The van der Waals surface area contributed by atoms with Crippen LogP contribution in [0.25, 0.3) is 0 Å².